The predicted molar refractivity (Wildman–Crippen MR) is 117 cm³/mol. The highest BCUT2D eigenvalue weighted by molar-refractivity contribution is 6.01. The number of carbonyl (C=O) groups is 2. The zero-order valence-electron chi connectivity index (χ0n) is 17.7. The number of pyridine rings is 1. The number of hydrogen-bond donors (Lipinski definition) is 2. The van der Waals surface area contributed by atoms with Crippen molar-refractivity contribution in [2.45, 2.75) is 45.6 Å². The standard InChI is InChI=1S/C23H30N4O3/c1-17(2)25-21(28)16-27-14-7-3-4-8-15-30-20-12-6-5-11-19(20)26-22-18(23(27)29)10-9-13-24-22/h5-6,9-13,17H,3-4,7-8,14-16H2,1-2H3,(H,24,26)(H,25,28). The summed E-state index contributed by atoms with van der Waals surface area (Å²) in [6, 6.07) is 11.1. The van der Waals surface area contributed by atoms with Crippen molar-refractivity contribution in [1.29, 1.82) is 0 Å². The van der Waals surface area contributed by atoms with Crippen LogP contribution in [0.2, 0.25) is 0 Å². The zero-order chi connectivity index (χ0) is 21.3. The van der Waals surface area contributed by atoms with Crippen LogP contribution in [0.5, 0.6) is 5.75 Å². The van der Waals surface area contributed by atoms with Crippen molar-refractivity contribution >= 4 is 23.3 Å². The highest BCUT2D eigenvalue weighted by Gasteiger charge is 2.22. The average molecular weight is 411 g/mol. The number of aromatic nitrogens is 1. The molecule has 0 saturated heterocycles. The molecule has 1 aromatic heterocycles. The van der Waals surface area contributed by atoms with Gasteiger partial charge in [-0.3, -0.25) is 9.59 Å². The van der Waals surface area contributed by atoms with Crippen LogP contribution in [0.25, 0.3) is 0 Å². The number of anilines is 2. The largest absolute Gasteiger partial charge is 0.491 e. The van der Waals surface area contributed by atoms with Crippen LogP contribution in [-0.2, 0) is 4.79 Å². The number of benzene rings is 1. The van der Waals surface area contributed by atoms with Gasteiger partial charge in [0, 0.05) is 18.8 Å². The SMILES string of the molecule is CC(C)NC(=O)CN1CCCCCCOc2ccccc2Nc2ncccc2C1=O. The van der Waals surface area contributed by atoms with E-state index in [2.05, 4.69) is 15.6 Å². The van der Waals surface area contributed by atoms with Crippen LogP contribution in [0.4, 0.5) is 11.5 Å². The number of fused-ring (bicyclic) bond motifs is 2. The van der Waals surface area contributed by atoms with E-state index in [0.717, 1.165) is 37.1 Å². The van der Waals surface area contributed by atoms with Gasteiger partial charge in [-0.2, -0.15) is 0 Å². The van der Waals surface area contributed by atoms with Crippen LogP contribution in [-0.4, -0.2) is 47.4 Å². The van der Waals surface area contributed by atoms with Gasteiger partial charge in [0.15, 0.2) is 0 Å². The van der Waals surface area contributed by atoms with Gasteiger partial charge in [-0.25, -0.2) is 4.98 Å². The Hall–Kier alpha value is -3.09. The molecule has 2 heterocycles. The maximum Gasteiger partial charge on any atom is 0.258 e. The monoisotopic (exact) mass is 410 g/mol. The molecule has 7 heteroatoms. The molecule has 0 atom stereocenters. The Balaban J connectivity index is 1.91. The minimum Gasteiger partial charge on any atom is -0.491 e. The lowest BCUT2D eigenvalue weighted by Crippen LogP contribution is -2.43. The third-order valence-corrected chi connectivity index (χ3v) is 4.83. The van der Waals surface area contributed by atoms with E-state index in [1.54, 1.807) is 23.2 Å². The summed E-state index contributed by atoms with van der Waals surface area (Å²) in [5.41, 5.74) is 1.19. The lowest BCUT2D eigenvalue weighted by atomic mass is 10.1. The molecule has 0 fully saturated rings. The Labute approximate surface area is 177 Å². The molecule has 30 heavy (non-hydrogen) atoms. The summed E-state index contributed by atoms with van der Waals surface area (Å²) in [4.78, 5) is 31.7. The molecule has 1 aromatic carbocycles. The zero-order valence-corrected chi connectivity index (χ0v) is 17.7. The summed E-state index contributed by atoms with van der Waals surface area (Å²) in [5, 5.41) is 6.12. The van der Waals surface area contributed by atoms with E-state index >= 15 is 0 Å². The molecular formula is C23H30N4O3. The van der Waals surface area contributed by atoms with E-state index in [-0.39, 0.29) is 24.4 Å². The van der Waals surface area contributed by atoms with Gasteiger partial charge in [0.05, 0.1) is 24.4 Å². The van der Waals surface area contributed by atoms with E-state index in [1.165, 1.54) is 0 Å². The van der Waals surface area contributed by atoms with Crippen molar-refractivity contribution < 1.29 is 14.3 Å². The van der Waals surface area contributed by atoms with Gasteiger partial charge >= 0.3 is 0 Å². The molecule has 160 valence electrons. The summed E-state index contributed by atoms with van der Waals surface area (Å²) in [6.07, 6.45) is 5.39. The second kappa shape index (κ2) is 10.6. The number of para-hydroxylation sites is 2. The van der Waals surface area contributed by atoms with Gasteiger partial charge in [0.1, 0.15) is 11.6 Å². The molecule has 2 aromatic rings. The third-order valence-electron chi connectivity index (χ3n) is 4.83. The first-order valence-corrected chi connectivity index (χ1v) is 10.6. The Morgan fingerprint density at radius 3 is 2.80 bits per heavy atom. The van der Waals surface area contributed by atoms with Crippen molar-refractivity contribution in [2.24, 2.45) is 0 Å². The maximum absolute atomic E-state index is 13.4. The van der Waals surface area contributed by atoms with Crippen LogP contribution < -0.4 is 15.4 Å². The molecule has 2 N–H and O–H groups in total. The third kappa shape index (κ3) is 5.95. The lowest BCUT2D eigenvalue weighted by molar-refractivity contribution is -0.122. The highest BCUT2D eigenvalue weighted by Crippen LogP contribution is 2.29. The van der Waals surface area contributed by atoms with Crippen molar-refractivity contribution in [3.8, 4) is 5.75 Å². The van der Waals surface area contributed by atoms with Crippen molar-refractivity contribution in [3.63, 3.8) is 0 Å². The fraction of sp³-hybridized carbons (Fsp3) is 0.435. The summed E-state index contributed by atoms with van der Waals surface area (Å²) in [7, 11) is 0. The first-order valence-electron chi connectivity index (χ1n) is 10.6. The molecular weight excluding hydrogens is 380 g/mol. The molecule has 1 aliphatic heterocycles. The van der Waals surface area contributed by atoms with Crippen LogP contribution >= 0.6 is 0 Å². The van der Waals surface area contributed by atoms with Gasteiger partial charge in [0.2, 0.25) is 5.91 Å². The Bertz CT molecular complexity index is 869. The van der Waals surface area contributed by atoms with Crippen molar-refractivity contribution in [3.05, 3.63) is 48.2 Å². The molecule has 0 radical (unpaired) electrons. The number of nitrogens with zero attached hydrogens (tertiary/aromatic N) is 2. The van der Waals surface area contributed by atoms with Crippen LogP contribution in [0.15, 0.2) is 42.6 Å². The van der Waals surface area contributed by atoms with E-state index in [1.807, 2.05) is 38.1 Å². The molecule has 1 aliphatic rings. The highest BCUT2D eigenvalue weighted by atomic mass is 16.5. The second-order valence-electron chi connectivity index (χ2n) is 7.73. The van der Waals surface area contributed by atoms with Crippen molar-refractivity contribution in [1.82, 2.24) is 15.2 Å². The number of nitrogens with one attached hydrogen (secondary N) is 2. The molecule has 0 bridgehead atoms. The van der Waals surface area contributed by atoms with Gasteiger partial charge in [0.25, 0.3) is 5.91 Å². The number of rotatable bonds is 3. The number of amides is 2. The molecule has 0 unspecified atom stereocenters. The molecule has 0 saturated carbocycles. The van der Waals surface area contributed by atoms with Crippen LogP contribution in [0.1, 0.15) is 49.9 Å². The smallest absolute Gasteiger partial charge is 0.258 e. The van der Waals surface area contributed by atoms with Gasteiger partial charge in [-0.15, -0.1) is 0 Å². The number of ether oxygens (including phenoxy) is 1. The summed E-state index contributed by atoms with van der Waals surface area (Å²) in [5.74, 6) is 0.813. The molecule has 0 spiro atoms. The van der Waals surface area contributed by atoms with Crippen LogP contribution in [0, 0.1) is 0 Å². The normalized spacial score (nSPS) is 15.3. The first-order chi connectivity index (χ1) is 14.5. The Kier molecular flexibility index (Phi) is 7.65. The molecule has 7 nitrogen and oxygen atoms in total. The van der Waals surface area contributed by atoms with Gasteiger partial charge in [-0.05, 0) is 51.0 Å². The van der Waals surface area contributed by atoms with E-state index < -0.39 is 0 Å². The second-order valence-corrected chi connectivity index (χ2v) is 7.73. The summed E-state index contributed by atoms with van der Waals surface area (Å²) in [6.45, 7) is 5.00. The Morgan fingerprint density at radius 1 is 1.17 bits per heavy atom. The Morgan fingerprint density at radius 2 is 1.97 bits per heavy atom. The van der Waals surface area contributed by atoms with E-state index in [9.17, 15) is 9.59 Å². The van der Waals surface area contributed by atoms with Gasteiger partial charge < -0.3 is 20.3 Å². The average Bonchev–Trinajstić information content (AvgIpc) is 2.72. The molecule has 2 amide bonds. The summed E-state index contributed by atoms with van der Waals surface area (Å²) >= 11 is 0. The minimum atomic E-state index is -0.208. The van der Waals surface area contributed by atoms with E-state index in [0.29, 0.717) is 24.5 Å². The van der Waals surface area contributed by atoms with Crippen LogP contribution in [0.3, 0.4) is 0 Å². The van der Waals surface area contributed by atoms with Gasteiger partial charge in [-0.1, -0.05) is 25.0 Å². The quantitative estimate of drug-likeness (QED) is 0.805. The summed E-state index contributed by atoms with van der Waals surface area (Å²) < 4.78 is 5.95. The maximum atomic E-state index is 13.4. The first kappa shape index (κ1) is 21.6. The molecule has 3 rings (SSSR count). The number of hydrogen-bond acceptors (Lipinski definition) is 5. The number of carbonyl (C=O) groups excluding carboxylic acids is 2. The molecule has 0 aliphatic carbocycles. The fourth-order valence-corrected chi connectivity index (χ4v) is 3.40. The lowest BCUT2D eigenvalue weighted by Gasteiger charge is -2.24. The predicted octanol–water partition coefficient (Wildman–Crippen LogP) is 3.74. The topological polar surface area (TPSA) is 83.6 Å². The van der Waals surface area contributed by atoms with Crippen molar-refractivity contribution in [2.75, 3.05) is 25.0 Å². The van der Waals surface area contributed by atoms with E-state index in [4.69, 9.17) is 4.74 Å². The minimum absolute atomic E-state index is 0.0273. The fourth-order valence-electron chi connectivity index (χ4n) is 3.40.